The van der Waals surface area contributed by atoms with Gasteiger partial charge in [0.1, 0.15) is 0 Å². The van der Waals surface area contributed by atoms with E-state index < -0.39 is 15.9 Å². The fraction of sp³-hybridized carbons (Fsp3) is 0.161. The molecule has 3 heterocycles. The molecule has 0 spiro atoms. The van der Waals surface area contributed by atoms with Crippen LogP contribution in [0.1, 0.15) is 32.4 Å². The van der Waals surface area contributed by atoms with Crippen molar-refractivity contribution in [3.05, 3.63) is 118 Å². The van der Waals surface area contributed by atoms with Crippen LogP contribution < -0.4 is 5.01 Å². The number of hydrogen-bond acceptors (Lipinski definition) is 8. The van der Waals surface area contributed by atoms with Gasteiger partial charge in [0.05, 0.1) is 34.6 Å². The zero-order chi connectivity index (χ0) is 28.8. The maximum atomic E-state index is 13.4. The summed E-state index contributed by atoms with van der Waals surface area (Å²) in [5.74, 6) is -0.393. The molecule has 8 nitrogen and oxygen atoms in total. The Kier molecular flexibility index (Phi) is 6.80. The number of benzene rings is 3. The van der Waals surface area contributed by atoms with Gasteiger partial charge in [0.15, 0.2) is 11.0 Å². The second-order valence-electron chi connectivity index (χ2n) is 10.2. The van der Waals surface area contributed by atoms with Crippen LogP contribution in [0.15, 0.2) is 111 Å². The number of carbonyl (C=O) groups is 2. The fourth-order valence-electron chi connectivity index (χ4n) is 5.63. The normalized spacial score (nSPS) is 20.9. The predicted octanol–water partition coefficient (Wildman–Crippen LogP) is 5.39. The number of nitrogens with zero attached hydrogens (tertiary/aromatic N) is 4. The summed E-state index contributed by atoms with van der Waals surface area (Å²) in [5, 5.41) is 9.09. The van der Waals surface area contributed by atoms with Crippen LogP contribution in [0.4, 0.5) is 5.69 Å². The smallest absolute Gasteiger partial charge is 0.284 e. The van der Waals surface area contributed by atoms with E-state index in [1.807, 2.05) is 17.1 Å². The van der Waals surface area contributed by atoms with Crippen molar-refractivity contribution in [2.24, 2.45) is 15.4 Å². The summed E-state index contributed by atoms with van der Waals surface area (Å²) >= 11 is 2.64. The van der Waals surface area contributed by atoms with Crippen LogP contribution in [-0.4, -0.2) is 48.2 Å². The number of Topliss-reactive ketones (excluding diaryl/α,β-unsaturated/α-hetero) is 1. The van der Waals surface area contributed by atoms with Crippen LogP contribution in [0.25, 0.3) is 0 Å². The first-order valence-corrected chi connectivity index (χ1v) is 16.7. The first-order chi connectivity index (χ1) is 20.4. The van der Waals surface area contributed by atoms with Crippen molar-refractivity contribution >= 4 is 61.4 Å². The third-order valence-electron chi connectivity index (χ3n) is 7.57. The Bertz CT molecular complexity index is 1850. The molecule has 2 aliphatic heterocycles. The number of anilines is 1. The molecule has 0 saturated carbocycles. The van der Waals surface area contributed by atoms with Crippen molar-refractivity contribution in [2.45, 2.75) is 17.4 Å². The maximum Gasteiger partial charge on any atom is 0.284 e. The third kappa shape index (κ3) is 4.77. The van der Waals surface area contributed by atoms with E-state index in [2.05, 4.69) is 34.0 Å². The van der Waals surface area contributed by atoms with E-state index in [1.54, 1.807) is 53.8 Å². The number of thiophene rings is 1. The van der Waals surface area contributed by atoms with Crippen LogP contribution in [0.5, 0.6) is 0 Å². The number of amides is 1. The second kappa shape index (κ2) is 10.6. The van der Waals surface area contributed by atoms with Crippen molar-refractivity contribution in [3.8, 4) is 0 Å². The number of carbonyl (C=O) groups excluding carboxylic acids is 2. The Balaban J connectivity index is 1.19. The highest BCUT2D eigenvalue weighted by molar-refractivity contribution is 8.15. The third-order valence-corrected chi connectivity index (χ3v) is 10.9. The summed E-state index contributed by atoms with van der Waals surface area (Å²) in [6.45, 7) is -0.224. The maximum absolute atomic E-state index is 13.4. The van der Waals surface area contributed by atoms with Crippen molar-refractivity contribution in [1.82, 2.24) is 4.90 Å². The molecule has 3 aromatic carbocycles. The van der Waals surface area contributed by atoms with E-state index in [0.29, 0.717) is 5.56 Å². The SMILES string of the molecule is O=C1CS/C(=N\S(=O)(=O)c2ccc(N3N=C4c5ccccc5CC4C3c3cccs3)cc2)N(C(=O)c2ccccc2)C1. The number of fused-ring (bicyclic) bond motifs is 3. The Labute approximate surface area is 251 Å². The summed E-state index contributed by atoms with van der Waals surface area (Å²) in [6, 6.07) is 27.5. The van der Waals surface area contributed by atoms with Gasteiger partial charge in [-0.1, -0.05) is 60.3 Å². The van der Waals surface area contributed by atoms with Crippen molar-refractivity contribution < 1.29 is 18.0 Å². The highest BCUT2D eigenvalue weighted by Crippen LogP contribution is 2.47. The largest absolute Gasteiger partial charge is 0.297 e. The fourth-order valence-corrected chi connectivity index (χ4v) is 8.58. The van der Waals surface area contributed by atoms with Crippen LogP contribution >= 0.6 is 23.1 Å². The standard InChI is InChI=1S/C31H24N4O4S3/c36-23-18-34(30(37)20-7-2-1-3-8-20)31(41-19-23)33-42(38,39)24-14-12-22(13-15-24)35-29(27-11-6-16-40-27)26-17-21-9-4-5-10-25(21)28(26)32-35/h1-16,26,29H,17-19H2/b33-31-. The summed E-state index contributed by atoms with van der Waals surface area (Å²) in [5.41, 5.74) is 4.64. The van der Waals surface area contributed by atoms with Gasteiger partial charge >= 0.3 is 0 Å². The van der Waals surface area contributed by atoms with Crippen molar-refractivity contribution in [1.29, 1.82) is 0 Å². The zero-order valence-corrected chi connectivity index (χ0v) is 24.6. The van der Waals surface area contributed by atoms with Crippen LogP contribution in [0, 0.1) is 5.92 Å². The molecule has 1 saturated heterocycles. The highest BCUT2D eigenvalue weighted by Gasteiger charge is 2.44. The molecule has 3 aliphatic rings. The van der Waals surface area contributed by atoms with Crippen molar-refractivity contribution in [3.63, 3.8) is 0 Å². The first kappa shape index (κ1) is 26.8. The van der Waals surface area contributed by atoms with E-state index in [0.717, 1.165) is 34.5 Å². The number of sulfonamides is 1. The summed E-state index contributed by atoms with van der Waals surface area (Å²) in [7, 11) is -4.17. The molecular weight excluding hydrogens is 589 g/mol. The molecule has 2 atom stereocenters. The molecule has 1 amide bonds. The van der Waals surface area contributed by atoms with Gasteiger partial charge in [-0.05, 0) is 59.8 Å². The minimum Gasteiger partial charge on any atom is -0.297 e. The quantitative estimate of drug-likeness (QED) is 0.300. The van der Waals surface area contributed by atoms with E-state index in [4.69, 9.17) is 5.10 Å². The number of hydrazone groups is 1. The lowest BCUT2D eigenvalue weighted by Gasteiger charge is -2.27. The van der Waals surface area contributed by atoms with Gasteiger partial charge in [-0.25, -0.2) is 0 Å². The Morgan fingerprint density at radius 2 is 1.69 bits per heavy atom. The lowest BCUT2D eigenvalue weighted by molar-refractivity contribution is -0.116. The Morgan fingerprint density at radius 3 is 2.45 bits per heavy atom. The first-order valence-electron chi connectivity index (χ1n) is 13.3. The molecule has 0 bridgehead atoms. The van der Waals surface area contributed by atoms with Gasteiger partial charge < -0.3 is 0 Å². The molecule has 1 aromatic heterocycles. The summed E-state index contributed by atoms with van der Waals surface area (Å²) in [6.07, 6.45) is 0.899. The average Bonchev–Trinajstić information content (AvgIpc) is 3.74. The molecule has 0 N–H and O–H groups in total. The van der Waals surface area contributed by atoms with Gasteiger partial charge in [0.25, 0.3) is 15.9 Å². The van der Waals surface area contributed by atoms with Gasteiger partial charge in [-0.3, -0.25) is 19.5 Å². The van der Waals surface area contributed by atoms with E-state index >= 15 is 0 Å². The van der Waals surface area contributed by atoms with E-state index in [-0.39, 0.29) is 40.1 Å². The number of rotatable bonds is 5. The zero-order valence-electron chi connectivity index (χ0n) is 22.2. The lowest BCUT2D eigenvalue weighted by Crippen LogP contribution is -2.44. The Morgan fingerprint density at radius 1 is 0.929 bits per heavy atom. The van der Waals surface area contributed by atoms with E-state index in [9.17, 15) is 18.0 Å². The predicted molar refractivity (Wildman–Crippen MR) is 166 cm³/mol. The minimum atomic E-state index is -4.17. The number of thioether (sulfide) groups is 1. The molecular formula is C31H24N4O4S3. The molecule has 1 aliphatic carbocycles. The number of ketones is 1. The molecule has 210 valence electrons. The highest BCUT2D eigenvalue weighted by atomic mass is 32.2. The molecule has 11 heteroatoms. The lowest BCUT2D eigenvalue weighted by atomic mass is 9.94. The van der Waals surface area contributed by atoms with Gasteiger partial charge in [0, 0.05) is 21.9 Å². The average molecular weight is 613 g/mol. The minimum absolute atomic E-state index is 0.00355. The summed E-state index contributed by atoms with van der Waals surface area (Å²) in [4.78, 5) is 27.6. The molecule has 2 unspecified atom stereocenters. The van der Waals surface area contributed by atoms with Crippen LogP contribution in [0.2, 0.25) is 0 Å². The van der Waals surface area contributed by atoms with Gasteiger partial charge in [0.2, 0.25) is 0 Å². The van der Waals surface area contributed by atoms with Crippen LogP contribution in [0.3, 0.4) is 0 Å². The topological polar surface area (TPSA) is 99.5 Å². The van der Waals surface area contributed by atoms with Gasteiger partial charge in [-0.2, -0.15) is 13.5 Å². The monoisotopic (exact) mass is 612 g/mol. The van der Waals surface area contributed by atoms with Gasteiger partial charge in [-0.15, -0.1) is 15.7 Å². The molecule has 42 heavy (non-hydrogen) atoms. The number of hydrogen-bond donors (Lipinski definition) is 0. The second-order valence-corrected chi connectivity index (χ2v) is 13.7. The molecule has 1 fully saturated rings. The molecule has 4 aromatic rings. The summed E-state index contributed by atoms with van der Waals surface area (Å²) < 4.78 is 30.8. The molecule has 0 radical (unpaired) electrons. The van der Waals surface area contributed by atoms with Crippen molar-refractivity contribution in [2.75, 3.05) is 17.3 Å². The number of amidine groups is 1. The Hall–Kier alpha value is -4.06. The van der Waals surface area contributed by atoms with Crippen LogP contribution in [-0.2, 0) is 21.2 Å². The van der Waals surface area contributed by atoms with E-state index in [1.165, 1.54) is 28.1 Å². The molecule has 7 rings (SSSR count).